The minimum absolute atomic E-state index is 0.307. The summed E-state index contributed by atoms with van der Waals surface area (Å²) < 4.78 is 0. The van der Waals surface area contributed by atoms with E-state index in [-0.39, 0.29) is 5.70 Å². The standard InChI is InChI=1S/C8H7N3O2S/c1-5(6-2-3-14-4-6)7(8(12)13)10-11-9/h2-4,9H,1H3. The number of carbonyl (C=O) groups excluding carboxylic acids is 1. The Labute approximate surface area is 83.9 Å². The van der Waals surface area contributed by atoms with E-state index < -0.39 is 5.97 Å². The summed E-state index contributed by atoms with van der Waals surface area (Å²) in [6.45, 7) is 1.60. The van der Waals surface area contributed by atoms with E-state index in [0.717, 1.165) is 5.56 Å². The van der Waals surface area contributed by atoms with Gasteiger partial charge in [-0.05, 0) is 34.9 Å². The van der Waals surface area contributed by atoms with Crippen LogP contribution in [0.3, 0.4) is 0 Å². The van der Waals surface area contributed by atoms with Gasteiger partial charge in [0.2, 0.25) is 4.91 Å². The average Bonchev–Trinajstić information content (AvgIpc) is 2.65. The van der Waals surface area contributed by atoms with E-state index in [2.05, 4.69) is 10.0 Å². The molecule has 0 saturated carbocycles. The summed E-state index contributed by atoms with van der Waals surface area (Å²) in [6, 6.07) is 1.77. The molecule has 0 aliphatic heterocycles. The third kappa shape index (κ3) is 2.12. The van der Waals surface area contributed by atoms with Crippen molar-refractivity contribution in [3.8, 4) is 0 Å². The first-order valence-corrected chi connectivity index (χ1v) is 4.63. The second-order valence-corrected chi connectivity index (χ2v) is 3.25. The summed E-state index contributed by atoms with van der Waals surface area (Å²) in [7, 11) is 0. The number of thiophene rings is 1. The lowest BCUT2D eigenvalue weighted by molar-refractivity contribution is -0.299. The van der Waals surface area contributed by atoms with Crippen molar-refractivity contribution in [3.63, 3.8) is 0 Å². The van der Waals surface area contributed by atoms with Crippen molar-refractivity contribution in [1.82, 2.24) is 4.91 Å². The highest BCUT2D eigenvalue weighted by Crippen LogP contribution is 2.20. The molecule has 0 spiro atoms. The van der Waals surface area contributed by atoms with Crippen LogP contribution in [0.5, 0.6) is 0 Å². The SMILES string of the molecule is CC(=C(N=[N+]=N)C(=O)[O-])c1ccsc1. The maximum Gasteiger partial charge on any atom is 0.220 e. The largest absolute Gasteiger partial charge is 0.543 e. The summed E-state index contributed by atoms with van der Waals surface area (Å²) in [6.07, 6.45) is 0. The number of aliphatic carboxylic acids is 1. The molecular weight excluding hydrogens is 202 g/mol. The molecule has 1 N–H and O–H groups in total. The average molecular weight is 209 g/mol. The Morgan fingerprint density at radius 1 is 1.71 bits per heavy atom. The minimum atomic E-state index is -1.43. The predicted molar refractivity (Wildman–Crippen MR) is 49.2 cm³/mol. The van der Waals surface area contributed by atoms with Gasteiger partial charge in [0.15, 0.2) is 10.8 Å². The van der Waals surface area contributed by atoms with E-state index in [4.69, 9.17) is 5.53 Å². The molecule has 1 rings (SSSR count). The number of rotatable bonds is 3. The zero-order chi connectivity index (χ0) is 10.6. The summed E-state index contributed by atoms with van der Waals surface area (Å²) in [4.78, 5) is 13.3. The predicted octanol–water partition coefficient (Wildman–Crippen LogP) is 0.779. The summed E-state index contributed by atoms with van der Waals surface area (Å²) in [5.74, 6) is -1.43. The number of hydrogen-bond donors (Lipinski definition) is 1. The second-order valence-electron chi connectivity index (χ2n) is 2.47. The third-order valence-corrected chi connectivity index (χ3v) is 2.34. The van der Waals surface area contributed by atoms with Crippen LogP contribution in [0.2, 0.25) is 0 Å². The van der Waals surface area contributed by atoms with Crippen molar-refractivity contribution in [2.45, 2.75) is 6.92 Å². The molecule has 0 radical (unpaired) electrons. The van der Waals surface area contributed by atoms with Crippen molar-refractivity contribution >= 4 is 22.9 Å². The Bertz CT molecular complexity index is 412. The molecule has 14 heavy (non-hydrogen) atoms. The van der Waals surface area contributed by atoms with E-state index in [1.165, 1.54) is 11.3 Å². The molecule has 1 aromatic heterocycles. The number of carbonyl (C=O) groups is 1. The topological polar surface area (TPSA) is 90.4 Å². The lowest BCUT2D eigenvalue weighted by Gasteiger charge is -2.01. The van der Waals surface area contributed by atoms with E-state index in [1.54, 1.807) is 18.4 Å². The van der Waals surface area contributed by atoms with Gasteiger partial charge >= 0.3 is 0 Å². The van der Waals surface area contributed by atoms with Gasteiger partial charge in [0.25, 0.3) is 0 Å². The van der Waals surface area contributed by atoms with E-state index >= 15 is 0 Å². The van der Waals surface area contributed by atoms with Gasteiger partial charge in [0.05, 0.1) is 5.97 Å². The molecule has 0 unspecified atom stereocenters. The Morgan fingerprint density at radius 2 is 2.43 bits per heavy atom. The number of allylic oxidation sites excluding steroid dienone is 1. The van der Waals surface area contributed by atoms with Crippen LogP contribution in [0.25, 0.3) is 5.57 Å². The fourth-order valence-electron chi connectivity index (χ4n) is 0.933. The first kappa shape index (κ1) is 10.3. The summed E-state index contributed by atoms with van der Waals surface area (Å²) in [5, 5.41) is 17.4. The fourth-order valence-corrected chi connectivity index (χ4v) is 1.64. The highest BCUT2D eigenvalue weighted by atomic mass is 32.1. The zero-order valence-electron chi connectivity index (χ0n) is 7.35. The van der Waals surface area contributed by atoms with Gasteiger partial charge in [0, 0.05) is 0 Å². The van der Waals surface area contributed by atoms with Gasteiger partial charge in [0.1, 0.15) is 5.53 Å². The lowest BCUT2D eigenvalue weighted by atomic mass is 10.1. The van der Waals surface area contributed by atoms with E-state index in [9.17, 15) is 9.90 Å². The normalized spacial score (nSPS) is 11.5. The smallest absolute Gasteiger partial charge is 0.220 e. The van der Waals surface area contributed by atoms with Gasteiger partial charge in [-0.25, -0.2) is 0 Å². The number of nitrogens with one attached hydrogen (secondary N) is 1. The van der Waals surface area contributed by atoms with Crippen LogP contribution < -0.4 is 10.0 Å². The third-order valence-electron chi connectivity index (χ3n) is 1.65. The molecule has 0 atom stereocenters. The number of carboxylic acids is 1. The quantitative estimate of drug-likeness (QED) is 0.452. The Hall–Kier alpha value is -1.78. The fraction of sp³-hybridized carbons (Fsp3) is 0.125. The van der Waals surface area contributed by atoms with Crippen LogP contribution in [0.1, 0.15) is 12.5 Å². The number of nitrogens with zero attached hydrogens (tertiary/aromatic N) is 2. The summed E-state index contributed by atoms with van der Waals surface area (Å²) in [5.41, 5.74) is 7.37. The molecule has 5 nitrogen and oxygen atoms in total. The Morgan fingerprint density at radius 3 is 2.86 bits per heavy atom. The second kappa shape index (κ2) is 4.45. The van der Waals surface area contributed by atoms with Gasteiger partial charge in [-0.2, -0.15) is 11.3 Å². The van der Waals surface area contributed by atoms with E-state index in [1.807, 2.05) is 5.38 Å². The Kier molecular flexibility index (Phi) is 3.28. The van der Waals surface area contributed by atoms with Crippen molar-refractivity contribution in [1.29, 1.82) is 5.53 Å². The first-order chi connectivity index (χ1) is 6.66. The molecule has 0 amide bonds. The molecule has 0 aliphatic carbocycles. The molecule has 0 bridgehead atoms. The van der Waals surface area contributed by atoms with Crippen LogP contribution in [-0.4, -0.2) is 5.97 Å². The van der Waals surface area contributed by atoms with Crippen molar-refractivity contribution in [3.05, 3.63) is 28.1 Å². The monoisotopic (exact) mass is 209 g/mol. The van der Waals surface area contributed by atoms with E-state index in [0.29, 0.717) is 5.57 Å². The van der Waals surface area contributed by atoms with Crippen LogP contribution in [0.15, 0.2) is 27.6 Å². The molecule has 1 heterocycles. The maximum atomic E-state index is 10.6. The van der Waals surface area contributed by atoms with Crippen LogP contribution >= 0.6 is 11.3 Å². The Balaban J connectivity index is 3.24. The molecule has 0 aliphatic rings. The molecule has 0 saturated heterocycles. The maximum absolute atomic E-state index is 10.6. The van der Waals surface area contributed by atoms with Gasteiger partial charge in [-0.1, -0.05) is 0 Å². The number of hydrogen-bond acceptors (Lipinski definition) is 5. The van der Waals surface area contributed by atoms with Crippen molar-refractivity contribution in [2.75, 3.05) is 0 Å². The first-order valence-electron chi connectivity index (χ1n) is 3.69. The van der Waals surface area contributed by atoms with Gasteiger partial charge in [-0.3, -0.25) is 0 Å². The molecule has 0 aromatic carbocycles. The molecular formula is C8H7N3O2S. The lowest BCUT2D eigenvalue weighted by Crippen LogP contribution is -2.24. The van der Waals surface area contributed by atoms with Crippen molar-refractivity contribution < 1.29 is 9.90 Å². The molecule has 72 valence electrons. The highest BCUT2D eigenvalue weighted by Gasteiger charge is 2.10. The molecule has 6 heteroatoms. The van der Waals surface area contributed by atoms with Gasteiger partial charge in [-0.15, -0.1) is 0 Å². The van der Waals surface area contributed by atoms with Crippen LogP contribution in [-0.2, 0) is 4.79 Å². The zero-order valence-corrected chi connectivity index (χ0v) is 8.17. The van der Waals surface area contributed by atoms with Gasteiger partial charge < -0.3 is 9.90 Å². The number of carboxylic acid groups (broad SMARTS) is 1. The molecule has 0 fully saturated rings. The molecule has 1 aromatic rings. The van der Waals surface area contributed by atoms with Crippen LogP contribution in [0, 0.1) is 5.53 Å². The summed E-state index contributed by atoms with van der Waals surface area (Å²) >= 11 is 1.45. The minimum Gasteiger partial charge on any atom is -0.543 e. The van der Waals surface area contributed by atoms with Crippen LogP contribution in [0.4, 0.5) is 0 Å². The van der Waals surface area contributed by atoms with Crippen molar-refractivity contribution in [2.24, 2.45) is 5.11 Å². The highest BCUT2D eigenvalue weighted by molar-refractivity contribution is 7.08.